The van der Waals surface area contributed by atoms with Gasteiger partial charge in [0.15, 0.2) is 22.9 Å². The van der Waals surface area contributed by atoms with E-state index < -0.39 is 58.9 Å². The number of ether oxygens (including phenoxy) is 2. The molecular formula is C29H49N3O7Si2. The van der Waals surface area contributed by atoms with Crippen LogP contribution in [0.15, 0.2) is 42.4 Å². The molecule has 0 aromatic carbocycles. The van der Waals surface area contributed by atoms with Gasteiger partial charge in [0.1, 0.15) is 30.2 Å². The highest BCUT2D eigenvalue weighted by atomic mass is 28.4. The fraction of sp³-hybridized carbons (Fsp3) is 0.655. The number of aromatic nitrogens is 2. The summed E-state index contributed by atoms with van der Waals surface area (Å²) in [6.07, 6.45) is 0.664. The van der Waals surface area contributed by atoms with Crippen molar-refractivity contribution in [1.82, 2.24) is 9.55 Å². The first-order chi connectivity index (χ1) is 18.6. The standard InChI is InChI=1S/C29H49N3O7Si2/c1-14-16-20(36-22(34)15-2)23-24(38-40(10,11)28(4,5)6)25(39-41(12,13)29(7,8)9)26(37-23)32-18-17-21(30-19(3)33)31-27(32)35/h14-15,17-18,20,23-26H,1-2,16H2,3-13H3,(H,30,31,33,35)/t20-,23+,24+,25+,26+/m0/s1. The van der Waals surface area contributed by atoms with E-state index in [0.29, 0.717) is 0 Å². The fourth-order valence-electron chi connectivity index (χ4n) is 3.95. The molecule has 5 atom stereocenters. The van der Waals surface area contributed by atoms with E-state index in [1.807, 2.05) is 0 Å². The van der Waals surface area contributed by atoms with Gasteiger partial charge >= 0.3 is 11.7 Å². The first-order valence-corrected chi connectivity index (χ1v) is 19.8. The maximum atomic E-state index is 13.3. The van der Waals surface area contributed by atoms with Crippen LogP contribution in [0.3, 0.4) is 0 Å². The molecule has 41 heavy (non-hydrogen) atoms. The van der Waals surface area contributed by atoms with Crippen LogP contribution in [0.25, 0.3) is 0 Å². The van der Waals surface area contributed by atoms with Crippen LogP contribution in [0, 0.1) is 0 Å². The smallest absolute Gasteiger partial charge is 0.351 e. The molecule has 1 fully saturated rings. The SMILES string of the molecule is C=CC[C@H](OC(=O)C=C)[C@H]1O[C@@H](n2ccc(NC(C)=O)nc2=O)[C@H](O[Si](C)(C)C(C)(C)C)[C@@H]1O[Si](C)(C)C(C)(C)C. The number of hydrogen-bond donors (Lipinski definition) is 1. The molecule has 1 amide bonds. The van der Waals surface area contributed by atoms with Crippen molar-refractivity contribution in [1.29, 1.82) is 0 Å². The first-order valence-electron chi connectivity index (χ1n) is 14.0. The molecule has 0 aliphatic carbocycles. The van der Waals surface area contributed by atoms with Crippen molar-refractivity contribution in [2.45, 2.75) is 122 Å². The highest BCUT2D eigenvalue weighted by Crippen LogP contribution is 2.46. The van der Waals surface area contributed by atoms with Gasteiger partial charge in [0.25, 0.3) is 0 Å². The van der Waals surface area contributed by atoms with Crippen molar-refractivity contribution in [3.05, 3.63) is 48.1 Å². The van der Waals surface area contributed by atoms with Crippen LogP contribution in [-0.4, -0.2) is 62.5 Å². The summed E-state index contributed by atoms with van der Waals surface area (Å²) in [6.45, 7) is 30.1. The Balaban J connectivity index is 2.78. The summed E-state index contributed by atoms with van der Waals surface area (Å²) in [5, 5.41) is 2.22. The van der Waals surface area contributed by atoms with Crippen molar-refractivity contribution in [2.24, 2.45) is 0 Å². The van der Waals surface area contributed by atoms with Crippen LogP contribution in [0.2, 0.25) is 36.3 Å². The van der Waals surface area contributed by atoms with E-state index in [1.165, 1.54) is 23.8 Å². The molecule has 1 aliphatic heterocycles. The largest absolute Gasteiger partial charge is 0.456 e. The zero-order valence-electron chi connectivity index (χ0n) is 26.6. The molecule has 0 bridgehead atoms. The van der Waals surface area contributed by atoms with Gasteiger partial charge in [-0.1, -0.05) is 54.2 Å². The molecule has 1 aromatic rings. The maximum absolute atomic E-state index is 13.3. The lowest BCUT2D eigenvalue weighted by molar-refractivity contribution is -0.155. The average Bonchev–Trinajstić information content (AvgIpc) is 3.13. The van der Waals surface area contributed by atoms with Crippen molar-refractivity contribution in [3.8, 4) is 0 Å². The van der Waals surface area contributed by atoms with Crippen LogP contribution in [-0.2, 0) is 27.9 Å². The number of rotatable bonds is 11. The number of carbonyl (C=O) groups excluding carboxylic acids is 2. The van der Waals surface area contributed by atoms with Crippen LogP contribution >= 0.6 is 0 Å². The van der Waals surface area contributed by atoms with E-state index in [-0.39, 0.29) is 28.2 Å². The summed E-state index contributed by atoms with van der Waals surface area (Å²) in [7, 11) is -4.91. The Labute approximate surface area is 246 Å². The van der Waals surface area contributed by atoms with Gasteiger partial charge in [-0.05, 0) is 42.3 Å². The zero-order chi connectivity index (χ0) is 31.6. The second kappa shape index (κ2) is 12.9. The van der Waals surface area contributed by atoms with E-state index in [2.05, 4.69) is 91.2 Å². The number of amides is 1. The summed E-state index contributed by atoms with van der Waals surface area (Å²) in [6, 6.07) is 1.53. The minimum absolute atomic E-state index is 0.133. The quantitative estimate of drug-likeness (QED) is 0.151. The van der Waals surface area contributed by atoms with Crippen molar-refractivity contribution < 1.29 is 27.9 Å². The molecule has 0 radical (unpaired) electrons. The van der Waals surface area contributed by atoms with Crippen molar-refractivity contribution >= 4 is 34.3 Å². The Hall–Kier alpha value is -2.39. The van der Waals surface area contributed by atoms with Crippen LogP contribution in [0.5, 0.6) is 0 Å². The van der Waals surface area contributed by atoms with E-state index in [4.69, 9.17) is 18.3 Å². The Kier molecular flexibility index (Phi) is 10.9. The predicted octanol–water partition coefficient (Wildman–Crippen LogP) is 5.55. The third kappa shape index (κ3) is 8.34. The average molecular weight is 608 g/mol. The number of anilines is 1. The molecule has 230 valence electrons. The Bertz CT molecular complexity index is 1180. The molecule has 2 rings (SSSR count). The van der Waals surface area contributed by atoms with Crippen LogP contribution in [0.4, 0.5) is 5.82 Å². The number of hydrogen-bond acceptors (Lipinski definition) is 8. The molecule has 1 saturated heterocycles. The van der Waals surface area contributed by atoms with Gasteiger partial charge in [0.05, 0.1) is 0 Å². The highest BCUT2D eigenvalue weighted by molar-refractivity contribution is 6.74. The molecule has 10 nitrogen and oxygen atoms in total. The number of carbonyl (C=O) groups is 2. The molecule has 1 N–H and O–H groups in total. The van der Waals surface area contributed by atoms with E-state index in [9.17, 15) is 14.4 Å². The van der Waals surface area contributed by atoms with Gasteiger partial charge in [-0.15, -0.1) is 6.58 Å². The van der Waals surface area contributed by atoms with Gasteiger partial charge in [0, 0.05) is 25.6 Å². The molecule has 0 spiro atoms. The summed E-state index contributed by atoms with van der Waals surface area (Å²) >= 11 is 0. The molecule has 2 heterocycles. The zero-order valence-corrected chi connectivity index (χ0v) is 28.6. The normalized spacial score (nSPS) is 22.6. The monoisotopic (exact) mass is 607 g/mol. The lowest BCUT2D eigenvalue weighted by Gasteiger charge is -2.44. The Morgan fingerprint density at radius 1 is 1.07 bits per heavy atom. The molecule has 0 saturated carbocycles. The molecule has 12 heteroatoms. The lowest BCUT2D eigenvalue weighted by Crippen LogP contribution is -2.55. The minimum atomic E-state index is -2.46. The van der Waals surface area contributed by atoms with Crippen LogP contribution in [0.1, 0.15) is 61.1 Å². The number of nitrogens with one attached hydrogen (secondary N) is 1. The summed E-state index contributed by atoms with van der Waals surface area (Å²) in [5.74, 6) is -0.811. The molecule has 0 unspecified atom stereocenters. The van der Waals surface area contributed by atoms with Crippen LogP contribution < -0.4 is 11.0 Å². The minimum Gasteiger partial charge on any atom is -0.456 e. The van der Waals surface area contributed by atoms with Crippen molar-refractivity contribution in [2.75, 3.05) is 5.32 Å². The second-order valence-corrected chi connectivity index (χ2v) is 23.1. The van der Waals surface area contributed by atoms with Gasteiger partial charge in [-0.3, -0.25) is 9.36 Å². The van der Waals surface area contributed by atoms with E-state index in [1.54, 1.807) is 6.08 Å². The molecule has 1 aromatic heterocycles. The van der Waals surface area contributed by atoms with E-state index in [0.717, 1.165) is 6.08 Å². The molecular weight excluding hydrogens is 559 g/mol. The predicted molar refractivity (Wildman–Crippen MR) is 166 cm³/mol. The highest BCUT2D eigenvalue weighted by Gasteiger charge is 2.56. The van der Waals surface area contributed by atoms with Gasteiger partial charge in [0.2, 0.25) is 5.91 Å². The summed E-state index contributed by atoms with van der Waals surface area (Å²) < 4.78 is 27.8. The number of esters is 1. The molecule has 1 aliphatic rings. The maximum Gasteiger partial charge on any atom is 0.351 e. The summed E-state index contributed by atoms with van der Waals surface area (Å²) in [4.78, 5) is 41.3. The third-order valence-electron chi connectivity index (χ3n) is 8.31. The topological polar surface area (TPSA) is 118 Å². The van der Waals surface area contributed by atoms with E-state index >= 15 is 0 Å². The van der Waals surface area contributed by atoms with Gasteiger partial charge in [-0.25, -0.2) is 9.59 Å². The second-order valence-electron chi connectivity index (χ2n) is 13.6. The third-order valence-corrected chi connectivity index (χ3v) is 17.3. The van der Waals surface area contributed by atoms with Gasteiger partial charge in [-0.2, -0.15) is 4.98 Å². The lowest BCUT2D eigenvalue weighted by atomic mass is 10.0. The number of nitrogens with zero attached hydrogens (tertiary/aromatic N) is 2. The Morgan fingerprint density at radius 3 is 2.05 bits per heavy atom. The Morgan fingerprint density at radius 2 is 1.61 bits per heavy atom. The van der Waals surface area contributed by atoms with Gasteiger partial charge < -0.3 is 23.6 Å². The summed E-state index contributed by atoms with van der Waals surface area (Å²) in [5.41, 5.74) is -0.625. The van der Waals surface area contributed by atoms with Crippen molar-refractivity contribution in [3.63, 3.8) is 0 Å². The first kappa shape index (κ1) is 34.8. The fourth-order valence-corrected chi connectivity index (χ4v) is 6.54.